The zero-order valence-electron chi connectivity index (χ0n) is 43.3. The Morgan fingerprint density at radius 3 is 1.25 bits per heavy atom. The third-order valence-electron chi connectivity index (χ3n) is 12.9. The number of aromatic nitrogens is 4. The van der Waals surface area contributed by atoms with Gasteiger partial charge >= 0.3 is 11.9 Å². The summed E-state index contributed by atoms with van der Waals surface area (Å²) in [4.78, 5) is 164. The van der Waals surface area contributed by atoms with E-state index >= 15 is 0 Å². The number of hydrogen-bond acceptors (Lipinski definition) is 17. The lowest BCUT2D eigenvalue weighted by Gasteiger charge is -2.37. The van der Waals surface area contributed by atoms with Gasteiger partial charge in [-0.1, -0.05) is 52.0 Å². The van der Waals surface area contributed by atoms with Gasteiger partial charge in [-0.15, -0.1) is 0 Å². The topological polar surface area (TPSA) is 302 Å². The molecule has 0 saturated carbocycles. The molecule has 2 fully saturated rings. The zero-order valence-corrected chi connectivity index (χ0v) is 44.1. The van der Waals surface area contributed by atoms with E-state index in [0.29, 0.717) is 22.1 Å². The molecule has 2 bridgehead atoms. The highest BCUT2D eigenvalue weighted by molar-refractivity contribution is 7.99. The summed E-state index contributed by atoms with van der Waals surface area (Å²) in [7, 11) is 5.28. The van der Waals surface area contributed by atoms with E-state index in [0.717, 1.165) is 31.4 Å². The highest BCUT2D eigenvalue weighted by Gasteiger charge is 2.43. The van der Waals surface area contributed by atoms with Gasteiger partial charge in [-0.05, 0) is 49.9 Å². The van der Waals surface area contributed by atoms with E-state index in [2.05, 4.69) is 41.2 Å². The number of nitrogens with zero attached hydrogens (tertiary/aromatic N) is 8. The largest absolute Gasteiger partial charge is 0.461 e. The van der Waals surface area contributed by atoms with Crippen LogP contribution < -0.4 is 21.3 Å². The van der Waals surface area contributed by atoms with E-state index in [4.69, 9.17) is 9.47 Å². The summed E-state index contributed by atoms with van der Waals surface area (Å²) >= 11 is 1.00. The van der Waals surface area contributed by atoms with Crippen LogP contribution in [-0.4, -0.2) is 200 Å². The van der Waals surface area contributed by atoms with Crippen LogP contribution in [0.2, 0.25) is 0 Å². The smallest absolute Gasteiger partial charge is 0.329 e. The first-order valence-electron chi connectivity index (χ1n) is 24.1. The van der Waals surface area contributed by atoms with Crippen LogP contribution in [0, 0.1) is 11.8 Å². The Morgan fingerprint density at radius 1 is 0.560 bits per heavy atom. The lowest BCUT2D eigenvalue weighted by atomic mass is 10.0. The number of amides is 8. The molecule has 0 radical (unpaired) electrons. The molecule has 2 aromatic carbocycles. The lowest BCUT2D eigenvalue weighted by Crippen LogP contribution is -2.60. The Morgan fingerprint density at radius 2 is 0.907 bits per heavy atom. The van der Waals surface area contributed by atoms with Crippen molar-refractivity contribution in [2.45, 2.75) is 89.9 Å². The molecule has 25 heteroatoms. The fourth-order valence-corrected chi connectivity index (χ4v) is 9.94. The minimum absolute atomic E-state index is 0.180. The number of benzene rings is 2. The third-order valence-corrected chi connectivity index (χ3v) is 14.0. The van der Waals surface area contributed by atoms with Gasteiger partial charge in [0.2, 0.25) is 35.4 Å². The van der Waals surface area contributed by atoms with Gasteiger partial charge in [0.25, 0.3) is 11.8 Å². The molecule has 24 nitrogen and oxygen atoms in total. The number of thioether (sulfide) groups is 1. The molecule has 2 aliphatic rings. The van der Waals surface area contributed by atoms with Crippen molar-refractivity contribution < 1.29 is 57.4 Å². The van der Waals surface area contributed by atoms with Crippen LogP contribution in [0.4, 0.5) is 0 Å². The summed E-state index contributed by atoms with van der Waals surface area (Å²) in [5.41, 5.74) is 1.39. The third kappa shape index (κ3) is 13.1. The second-order valence-corrected chi connectivity index (χ2v) is 20.1. The van der Waals surface area contributed by atoms with Crippen molar-refractivity contribution in [2.24, 2.45) is 11.8 Å². The number of carbonyl (C=O) groups excluding carboxylic acids is 10. The number of fused-ring (bicyclic) bond motifs is 6. The SMILES string of the molecule is CC(C)[C@H]1C(=O)OC[C@@H](NC(=O)c2cnc3ccccc3n2)C(=O)N[C@@H](C)C(=O)N(C)[C@H]2CSC[C@@H](C(=O)N1C)N(C)C(=O)[C@H](C)NC(=O)[C@H](NC(=O)c1cnc3ccccc3n1)COC(=O)[C@H](C(C)C)N(C)C2=O. The first kappa shape index (κ1) is 56.5. The van der Waals surface area contributed by atoms with Gasteiger partial charge in [0, 0.05) is 39.7 Å². The van der Waals surface area contributed by atoms with Gasteiger partial charge < -0.3 is 50.3 Å². The van der Waals surface area contributed by atoms with Gasteiger partial charge in [-0.3, -0.25) is 48.3 Å². The molecule has 8 atom stereocenters. The number of esters is 2. The van der Waals surface area contributed by atoms with Crippen molar-refractivity contribution in [1.29, 1.82) is 0 Å². The van der Waals surface area contributed by atoms with Crippen molar-refractivity contribution >= 4 is 93.0 Å². The maximum absolute atomic E-state index is 14.9. The molecule has 2 aliphatic heterocycles. The number of cyclic esters (lactones) is 2. The standard InChI is InChI=1S/C50H62N12O12S/c1-25(2)39-49(71)73-21-35(57-41(63)33-19-51-29-15-11-13-17-31(29)55-33)43(65)53-28(6)46(68)60(8)38-24-75-23-37(47(69)61(39)9)59(7)45(67)27(5)54-44(66)36(22-74-50(72)40(26(3)4)62(10)48(38)70)58-42(64)34-20-52-30-16-12-14-18-32(30)56-34/h11-20,25-28,35-40H,21-24H2,1-10H3,(H,53,65)(H,54,66)(H,57,63)(H,58,64)/t27-,28-,35+,36+,37-,38-,39-,40-/m0/s1. The summed E-state index contributed by atoms with van der Waals surface area (Å²) in [6.45, 7) is 7.67. The van der Waals surface area contributed by atoms with Crippen molar-refractivity contribution in [2.75, 3.05) is 52.9 Å². The van der Waals surface area contributed by atoms with E-state index < -0.39 is 133 Å². The molecule has 4 N–H and O–H groups in total. The molecule has 0 spiro atoms. The van der Waals surface area contributed by atoms with Crippen LogP contribution in [0.1, 0.15) is 62.5 Å². The Hall–Kier alpha value is -7.83. The van der Waals surface area contributed by atoms with Crippen molar-refractivity contribution in [3.05, 3.63) is 72.3 Å². The second-order valence-electron chi connectivity index (χ2n) is 19.0. The van der Waals surface area contributed by atoms with Gasteiger partial charge in [0.05, 0.1) is 34.5 Å². The number of para-hydroxylation sites is 4. The van der Waals surface area contributed by atoms with E-state index in [9.17, 15) is 47.9 Å². The Labute approximate surface area is 436 Å². The molecular formula is C50H62N12O12S. The second kappa shape index (κ2) is 24.5. The van der Waals surface area contributed by atoms with E-state index in [1.807, 2.05) is 0 Å². The normalized spacial score (nSPS) is 24.7. The molecule has 6 rings (SSSR count). The molecule has 0 aliphatic carbocycles. The van der Waals surface area contributed by atoms with Crippen LogP contribution in [0.5, 0.6) is 0 Å². The van der Waals surface area contributed by atoms with E-state index in [1.54, 1.807) is 76.2 Å². The molecular weight excluding hydrogens is 993 g/mol. The average molecular weight is 1060 g/mol. The number of hydrogen-bond donors (Lipinski definition) is 4. The maximum atomic E-state index is 14.9. The van der Waals surface area contributed by atoms with Gasteiger partial charge in [-0.25, -0.2) is 19.6 Å². The van der Waals surface area contributed by atoms with Crippen LogP contribution in [0.25, 0.3) is 22.1 Å². The monoisotopic (exact) mass is 1050 g/mol. The van der Waals surface area contributed by atoms with E-state index in [1.165, 1.54) is 54.4 Å². The number of likely N-dealkylation sites (N-methyl/N-ethyl adjacent to an activating group) is 4. The number of rotatable bonds is 6. The molecule has 8 amide bonds. The fourth-order valence-electron chi connectivity index (χ4n) is 8.62. The van der Waals surface area contributed by atoms with Crippen LogP contribution >= 0.6 is 11.8 Å². The van der Waals surface area contributed by atoms with Crippen molar-refractivity contribution in [1.82, 2.24) is 60.8 Å². The predicted octanol–water partition coefficient (Wildman–Crippen LogP) is -0.0538. The average Bonchev–Trinajstić information content (AvgIpc) is 3.38. The van der Waals surface area contributed by atoms with Crippen LogP contribution in [-0.2, 0) is 47.8 Å². The molecule has 4 aromatic rings. The van der Waals surface area contributed by atoms with Crippen LogP contribution in [0.15, 0.2) is 60.9 Å². The first-order chi connectivity index (χ1) is 35.5. The summed E-state index contributed by atoms with van der Waals surface area (Å²) in [5.74, 6) is -10.5. The lowest BCUT2D eigenvalue weighted by molar-refractivity contribution is -0.160. The first-order valence-corrected chi connectivity index (χ1v) is 25.3. The summed E-state index contributed by atoms with van der Waals surface area (Å²) in [6.07, 6.45) is 2.40. The highest BCUT2D eigenvalue weighted by Crippen LogP contribution is 2.23. The summed E-state index contributed by atoms with van der Waals surface area (Å²) in [5, 5.41) is 10.2. The Balaban J connectivity index is 1.39. The van der Waals surface area contributed by atoms with E-state index in [-0.39, 0.29) is 22.9 Å². The molecule has 4 heterocycles. The molecule has 400 valence electrons. The molecule has 75 heavy (non-hydrogen) atoms. The fraction of sp³-hybridized carbons (Fsp3) is 0.480. The number of carbonyl (C=O) groups is 10. The summed E-state index contributed by atoms with van der Waals surface area (Å²) < 4.78 is 11.4. The predicted molar refractivity (Wildman–Crippen MR) is 272 cm³/mol. The van der Waals surface area contributed by atoms with Crippen molar-refractivity contribution in [3.8, 4) is 0 Å². The Kier molecular flexibility index (Phi) is 18.4. The highest BCUT2D eigenvalue weighted by atomic mass is 32.2. The zero-order chi connectivity index (χ0) is 55.0. The van der Waals surface area contributed by atoms with Crippen molar-refractivity contribution in [3.63, 3.8) is 0 Å². The van der Waals surface area contributed by atoms with Crippen LogP contribution in [0.3, 0.4) is 0 Å². The Bertz CT molecular complexity index is 2680. The number of nitrogens with one attached hydrogen (secondary N) is 4. The quantitative estimate of drug-likeness (QED) is 0.184. The molecule has 2 saturated heterocycles. The molecule has 2 aromatic heterocycles. The van der Waals surface area contributed by atoms with Gasteiger partial charge in [0.15, 0.2) is 0 Å². The maximum Gasteiger partial charge on any atom is 0.329 e. The number of ether oxygens (including phenoxy) is 2. The molecule has 0 unspecified atom stereocenters. The summed E-state index contributed by atoms with van der Waals surface area (Å²) in [6, 6.07) is 1.95. The van der Waals surface area contributed by atoms with Gasteiger partial charge in [-0.2, -0.15) is 11.8 Å². The minimum atomic E-state index is -1.65. The van der Waals surface area contributed by atoms with Gasteiger partial charge in [0.1, 0.15) is 72.9 Å². The minimum Gasteiger partial charge on any atom is -0.461 e.